The van der Waals surface area contributed by atoms with Crippen LogP contribution < -0.4 is 10.6 Å². The molecule has 0 radical (unpaired) electrons. The number of nitrogens with two attached hydrogens (primary N) is 1. The highest BCUT2D eigenvalue weighted by atomic mass is 127. The number of anilines is 2. The minimum atomic E-state index is 0.513. The lowest BCUT2D eigenvalue weighted by atomic mass is 10.1. The normalized spacial score (nSPS) is 11.2. The fraction of sp³-hybridized carbons (Fsp3) is 0.538. The highest BCUT2D eigenvalue weighted by Crippen LogP contribution is 2.27. The molecule has 0 amide bonds. The second kappa shape index (κ2) is 5.75. The van der Waals surface area contributed by atoms with Crippen LogP contribution in [0.5, 0.6) is 0 Å². The Morgan fingerprint density at radius 2 is 1.88 bits per heavy atom. The predicted octanol–water partition coefficient (Wildman–Crippen LogP) is 3.74. The molecule has 0 atom stereocenters. The number of hydrogen-bond acceptors (Lipinski definition) is 2. The third kappa shape index (κ3) is 3.54. The van der Waals surface area contributed by atoms with Crippen LogP contribution in [0.2, 0.25) is 0 Å². The number of benzene rings is 1. The molecule has 16 heavy (non-hydrogen) atoms. The molecule has 1 rings (SSSR count). The van der Waals surface area contributed by atoms with E-state index in [9.17, 15) is 0 Å². The van der Waals surface area contributed by atoms with Gasteiger partial charge in [0.1, 0.15) is 0 Å². The average molecular weight is 332 g/mol. The molecule has 0 unspecified atom stereocenters. The molecule has 90 valence electrons. The molecule has 0 saturated heterocycles. The van der Waals surface area contributed by atoms with E-state index in [4.69, 9.17) is 5.73 Å². The van der Waals surface area contributed by atoms with Crippen molar-refractivity contribution in [2.75, 3.05) is 17.2 Å². The van der Waals surface area contributed by atoms with Gasteiger partial charge in [0.15, 0.2) is 0 Å². The monoisotopic (exact) mass is 332 g/mol. The molecule has 0 saturated carbocycles. The van der Waals surface area contributed by atoms with Gasteiger partial charge < -0.3 is 10.6 Å². The Labute approximate surface area is 112 Å². The zero-order valence-corrected chi connectivity index (χ0v) is 12.7. The van der Waals surface area contributed by atoms with Crippen LogP contribution in [0, 0.1) is 9.49 Å². The Bertz CT molecular complexity index is 348. The topological polar surface area (TPSA) is 29.3 Å². The first-order chi connectivity index (χ1) is 7.41. The Morgan fingerprint density at radius 1 is 1.25 bits per heavy atom. The van der Waals surface area contributed by atoms with Crippen molar-refractivity contribution in [3.8, 4) is 0 Å². The lowest BCUT2D eigenvalue weighted by molar-refractivity contribution is 0.570. The lowest BCUT2D eigenvalue weighted by Gasteiger charge is -2.31. The Kier molecular flexibility index (Phi) is 4.89. The van der Waals surface area contributed by atoms with E-state index >= 15 is 0 Å². The summed E-state index contributed by atoms with van der Waals surface area (Å²) in [6.07, 6.45) is 0. The van der Waals surface area contributed by atoms with Crippen LogP contribution in [0.4, 0.5) is 11.4 Å². The van der Waals surface area contributed by atoms with E-state index in [1.165, 1.54) is 9.26 Å². The van der Waals surface area contributed by atoms with Gasteiger partial charge in [0.25, 0.3) is 0 Å². The predicted molar refractivity (Wildman–Crippen MR) is 80.9 cm³/mol. The van der Waals surface area contributed by atoms with Gasteiger partial charge in [-0.3, -0.25) is 0 Å². The maximum atomic E-state index is 5.78. The number of nitrogen functional groups attached to an aromatic ring is 1. The van der Waals surface area contributed by atoms with Crippen molar-refractivity contribution in [3.05, 3.63) is 21.8 Å². The van der Waals surface area contributed by atoms with Gasteiger partial charge in [0.05, 0.1) is 5.69 Å². The molecule has 0 spiro atoms. The standard InChI is InChI=1S/C13H21IN2/c1-9(2)8-16(10(3)4)13-6-5-11(15)7-12(13)14/h5-7,9-10H,8,15H2,1-4H3. The van der Waals surface area contributed by atoms with E-state index in [0.717, 1.165) is 12.2 Å². The van der Waals surface area contributed by atoms with E-state index in [0.29, 0.717) is 12.0 Å². The van der Waals surface area contributed by atoms with Crippen molar-refractivity contribution in [2.24, 2.45) is 5.92 Å². The van der Waals surface area contributed by atoms with Crippen LogP contribution in [0.3, 0.4) is 0 Å². The molecule has 0 aliphatic carbocycles. The molecule has 0 aliphatic heterocycles. The Morgan fingerprint density at radius 3 is 2.31 bits per heavy atom. The molecular formula is C13H21IN2. The second-order valence-corrected chi connectivity index (χ2v) is 6.01. The summed E-state index contributed by atoms with van der Waals surface area (Å²) in [5.74, 6) is 0.663. The minimum Gasteiger partial charge on any atom is -0.399 e. The van der Waals surface area contributed by atoms with Gasteiger partial charge in [-0.05, 0) is 60.6 Å². The van der Waals surface area contributed by atoms with Gasteiger partial charge in [0.2, 0.25) is 0 Å². The van der Waals surface area contributed by atoms with Crippen molar-refractivity contribution in [2.45, 2.75) is 33.7 Å². The fourth-order valence-corrected chi connectivity index (χ4v) is 2.59. The SMILES string of the molecule is CC(C)CN(c1ccc(N)cc1I)C(C)C. The molecule has 0 aromatic heterocycles. The third-order valence-electron chi connectivity index (χ3n) is 2.47. The Hall–Kier alpha value is -0.450. The summed E-state index contributed by atoms with van der Waals surface area (Å²) in [7, 11) is 0. The van der Waals surface area contributed by atoms with Gasteiger partial charge in [0, 0.05) is 21.8 Å². The largest absolute Gasteiger partial charge is 0.399 e. The second-order valence-electron chi connectivity index (χ2n) is 4.85. The third-order valence-corrected chi connectivity index (χ3v) is 3.33. The Balaban J connectivity index is 3.01. The maximum Gasteiger partial charge on any atom is 0.0505 e. The van der Waals surface area contributed by atoms with Crippen molar-refractivity contribution < 1.29 is 0 Å². The molecule has 0 bridgehead atoms. The summed E-state index contributed by atoms with van der Waals surface area (Å²) < 4.78 is 1.23. The number of rotatable bonds is 4. The van der Waals surface area contributed by atoms with Crippen LogP contribution in [-0.2, 0) is 0 Å². The van der Waals surface area contributed by atoms with Crippen LogP contribution in [0.25, 0.3) is 0 Å². The highest BCUT2D eigenvalue weighted by molar-refractivity contribution is 14.1. The summed E-state index contributed by atoms with van der Waals surface area (Å²) >= 11 is 2.36. The van der Waals surface area contributed by atoms with Gasteiger partial charge in [-0.1, -0.05) is 13.8 Å². The first-order valence-corrected chi connectivity index (χ1v) is 6.81. The van der Waals surface area contributed by atoms with E-state index in [-0.39, 0.29) is 0 Å². The van der Waals surface area contributed by atoms with E-state index in [2.05, 4.69) is 61.3 Å². The van der Waals surface area contributed by atoms with E-state index in [1.807, 2.05) is 12.1 Å². The van der Waals surface area contributed by atoms with Crippen LogP contribution in [0.15, 0.2) is 18.2 Å². The first-order valence-electron chi connectivity index (χ1n) is 5.73. The molecule has 2 N–H and O–H groups in total. The first kappa shape index (κ1) is 13.6. The fourth-order valence-electron chi connectivity index (χ4n) is 1.74. The van der Waals surface area contributed by atoms with Crippen LogP contribution in [-0.4, -0.2) is 12.6 Å². The minimum absolute atomic E-state index is 0.513. The molecular weight excluding hydrogens is 311 g/mol. The highest BCUT2D eigenvalue weighted by Gasteiger charge is 2.14. The van der Waals surface area contributed by atoms with E-state index < -0.39 is 0 Å². The van der Waals surface area contributed by atoms with E-state index in [1.54, 1.807) is 0 Å². The average Bonchev–Trinajstić information content (AvgIpc) is 2.14. The van der Waals surface area contributed by atoms with Gasteiger partial charge >= 0.3 is 0 Å². The van der Waals surface area contributed by atoms with Crippen molar-refractivity contribution in [1.29, 1.82) is 0 Å². The molecule has 0 heterocycles. The van der Waals surface area contributed by atoms with Crippen molar-refractivity contribution in [1.82, 2.24) is 0 Å². The van der Waals surface area contributed by atoms with Gasteiger partial charge in [-0.15, -0.1) is 0 Å². The van der Waals surface area contributed by atoms with Gasteiger partial charge in [-0.2, -0.15) is 0 Å². The lowest BCUT2D eigenvalue weighted by Crippen LogP contribution is -2.34. The van der Waals surface area contributed by atoms with Crippen LogP contribution >= 0.6 is 22.6 Å². The molecule has 1 aromatic carbocycles. The number of nitrogens with zero attached hydrogens (tertiary/aromatic N) is 1. The number of halogens is 1. The zero-order valence-electron chi connectivity index (χ0n) is 10.5. The number of hydrogen-bond donors (Lipinski definition) is 1. The maximum absolute atomic E-state index is 5.78. The summed E-state index contributed by atoms with van der Waals surface area (Å²) in [6, 6.07) is 6.65. The molecule has 3 heteroatoms. The van der Waals surface area contributed by atoms with Crippen LogP contribution in [0.1, 0.15) is 27.7 Å². The smallest absolute Gasteiger partial charge is 0.0505 e. The molecule has 0 fully saturated rings. The molecule has 0 aliphatic rings. The van der Waals surface area contributed by atoms with Gasteiger partial charge in [-0.25, -0.2) is 0 Å². The summed E-state index contributed by atoms with van der Waals surface area (Å²) in [4.78, 5) is 2.44. The molecule has 2 nitrogen and oxygen atoms in total. The quantitative estimate of drug-likeness (QED) is 0.672. The summed E-state index contributed by atoms with van der Waals surface area (Å²) in [5, 5.41) is 0. The zero-order chi connectivity index (χ0) is 12.3. The van der Waals surface area contributed by atoms with Crippen molar-refractivity contribution >= 4 is 34.0 Å². The molecule has 1 aromatic rings. The van der Waals surface area contributed by atoms with Crippen molar-refractivity contribution in [3.63, 3.8) is 0 Å². The summed E-state index contributed by atoms with van der Waals surface area (Å²) in [6.45, 7) is 10.0. The summed E-state index contributed by atoms with van der Waals surface area (Å²) in [5.41, 5.74) is 7.91.